The molecule has 4 rings (SSSR count). The van der Waals surface area contributed by atoms with Crippen LogP contribution in [-0.4, -0.2) is 27.9 Å². The molecule has 1 atom stereocenters. The number of halogens is 1. The largest absolute Gasteiger partial charge is 0.497 e. The highest BCUT2D eigenvalue weighted by molar-refractivity contribution is 5.96. The number of hydrogen-bond acceptors (Lipinski definition) is 4. The third kappa shape index (κ3) is 4.53. The second-order valence-electron chi connectivity index (χ2n) is 7.29. The van der Waals surface area contributed by atoms with Crippen LogP contribution in [0.4, 0.5) is 4.39 Å². The fraction of sp³-hybridized carbons (Fsp3) is 0.160. The third-order valence-electron chi connectivity index (χ3n) is 5.25. The van der Waals surface area contributed by atoms with Crippen LogP contribution in [0.2, 0.25) is 0 Å². The normalized spacial score (nSPS) is 11.8. The van der Waals surface area contributed by atoms with Crippen LogP contribution < -0.4 is 4.74 Å². The van der Waals surface area contributed by atoms with Crippen molar-refractivity contribution in [3.8, 4) is 17.0 Å². The van der Waals surface area contributed by atoms with E-state index in [1.165, 1.54) is 12.1 Å². The number of methoxy groups -OCH3 is 1. The van der Waals surface area contributed by atoms with Crippen LogP contribution in [0.5, 0.6) is 5.75 Å². The van der Waals surface area contributed by atoms with Crippen molar-refractivity contribution in [2.24, 2.45) is 0 Å². The number of ketones is 1. The van der Waals surface area contributed by atoms with E-state index in [1.807, 2.05) is 31.2 Å². The molecule has 0 saturated carbocycles. The maximum absolute atomic E-state index is 13.6. The van der Waals surface area contributed by atoms with Crippen molar-refractivity contribution >= 4 is 5.78 Å². The second kappa shape index (κ2) is 8.92. The van der Waals surface area contributed by atoms with Gasteiger partial charge in [-0.3, -0.25) is 4.79 Å². The number of ether oxygens (including phenoxy) is 1. The van der Waals surface area contributed by atoms with Crippen molar-refractivity contribution in [3.05, 3.63) is 102 Å². The van der Waals surface area contributed by atoms with Crippen LogP contribution in [0, 0.1) is 12.7 Å². The first-order valence-corrected chi connectivity index (χ1v) is 9.95. The van der Waals surface area contributed by atoms with E-state index in [-0.39, 0.29) is 18.0 Å². The van der Waals surface area contributed by atoms with E-state index in [4.69, 9.17) is 4.74 Å². The first-order chi connectivity index (χ1) is 15.0. The molecule has 0 N–H and O–H groups in total. The maximum atomic E-state index is 13.6. The summed E-state index contributed by atoms with van der Waals surface area (Å²) in [5.41, 5.74) is 3.79. The van der Waals surface area contributed by atoms with Gasteiger partial charge in [0.15, 0.2) is 5.78 Å². The third-order valence-corrected chi connectivity index (χ3v) is 5.25. The highest BCUT2D eigenvalue weighted by Gasteiger charge is 2.23. The Morgan fingerprint density at radius 2 is 1.84 bits per heavy atom. The number of benzene rings is 3. The zero-order valence-electron chi connectivity index (χ0n) is 17.3. The molecule has 0 radical (unpaired) electrons. The molecule has 1 aromatic heterocycles. The van der Waals surface area contributed by atoms with Gasteiger partial charge in [0.25, 0.3) is 0 Å². The quantitative estimate of drug-likeness (QED) is 0.386. The van der Waals surface area contributed by atoms with Gasteiger partial charge in [0, 0.05) is 17.5 Å². The maximum Gasteiger partial charge on any atom is 0.165 e. The van der Waals surface area contributed by atoms with Crippen molar-refractivity contribution in [1.82, 2.24) is 15.0 Å². The Morgan fingerprint density at radius 3 is 2.55 bits per heavy atom. The van der Waals surface area contributed by atoms with Crippen molar-refractivity contribution in [1.29, 1.82) is 0 Å². The zero-order chi connectivity index (χ0) is 21.8. The number of nitrogens with zero attached hydrogens (tertiary/aromatic N) is 3. The van der Waals surface area contributed by atoms with Gasteiger partial charge in [-0.1, -0.05) is 36.4 Å². The number of Topliss-reactive ketones (excluding diaryl/α,β-unsaturated/α-hetero) is 1. The molecule has 0 aliphatic rings. The summed E-state index contributed by atoms with van der Waals surface area (Å²) >= 11 is 0. The van der Waals surface area contributed by atoms with Crippen LogP contribution in [0.25, 0.3) is 11.3 Å². The predicted octanol–water partition coefficient (Wildman–Crippen LogP) is 5.26. The first kappa shape index (κ1) is 20.5. The minimum atomic E-state index is -0.391. The molecule has 3 aromatic carbocycles. The van der Waals surface area contributed by atoms with E-state index in [9.17, 15) is 9.18 Å². The predicted molar refractivity (Wildman–Crippen MR) is 117 cm³/mol. The Hall–Kier alpha value is -3.80. The van der Waals surface area contributed by atoms with Crippen LogP contribution in [0.15, 0.2) is 79.0 Å². The Bertz CT molecular complexity index is 1200. The summed E-state index contributed by atoms with van der Waals surface area (Å²) in [6.45, 7) is 2.00. The van der Waals surface area contributed by atoms with Gasteiger partial charge in [0.2, 0.25) is 0 Å². The van der Waals surface area contributed by atoms with Crippen LogP contribution in [0.3, 0.4) is 0 Å². The molecular formula is C25H22FN3O2. The van der Waals surface area contributed by atoms with E-state index in [2.05, 4.69) is 10.2 Å². The molecule has 0 aliphatic heterocycles. The molecule has 0 amide bonds. The molecule has 0 spiro atoms. The van der Waals surface area contributed by atoms with Crippen molar-refractivity contribution in [2.45, 2.75) is 19.4 Å². The lowest BCUT2D eigenvalue weighted by Gasteiger charge is -2.18. The lowest BCUT2D eigenvalue weighted by atomic mass is 9.95. The standard InChI is InChI=1S/C25H22FN3O2/c1-17-6-3-4-9-22(17)24(15-25(30)18-10-12-21(31-2)13-11-18)29-27-16-23(28-29)19-7-5-8-20(26)14-19/h3-14,16,24H,15H2,1-2H3. The lowest BCUT2D eigenvalue weighted by Crippen LogP contribution is -2.19. The van der Waals surface area contributed by atoms with Crippen LogP contribution in [-0.2, 0) is 0 Å². The molecular weight excluding hydrogens is 393 g/mol. The van der Waals surface area contributed by atoms with Crippen molar-refractivity contribution in [2.75, 3.05) is 7.11 Å². The summed E-state index contributed by atoms with van der Waals surface area (Å²) in [7, 11) is 1.59. The van der Waals surface area contributed by atoms with Gasteiger partial charge in [-0.2, -0.15) is 15.0 Å². The summed E-state index contributed by atoms with van der Waals surface area (Å²) in [6.07, 6.45) is 1.78. The fourth-order valence-corrected chi connectivity index (χ4v) is 3.55. The van der Waals surface area contributed by atoms with E-state index in [0.29, 0.717) is 22.6 Å². The van der Waals surface area contributed by atoms with Gasteiger partial charge in [-0.15, -0.1) is 0 Å². The molecule has 4 aromatic rings. The van der Waals surface area contributed by atoms with Gasteiger partial charge in [0.05, 0.1) is 13.3 Å². The van der Waals surface area contributed by atoms with E-state index >= 15 is 0 Å². The Morgan fingerprint density at radius 1 is 1.06 bits per heavy atom. The first-order valence-electron chi connectivity index (χ1n) is 9.95. The molecule has 5 nitrogen and oxygen atoms in total. The Labute approximate surface area is 180 Å². The topological polar surface area (TPSA) is 57.0 Å². The van der Waals surface area contributed by atoms with Gasteiger partial charge < -0.3 is 4.74 Å². The average molecular weight is 415 g/mol. The number of carbonyl (C=O) groups excluding carboxylic acids is 1. The van der Waals surface area contributed by atoms with E-state index < -0.39 is 6.04 Å². The number of hydrogen-bond donors (Lipinski definition) is 0. The van der Waals surface area contributed by atoms with Crippen LogP contribution >= 0.6 is 0 Å². The summed E-state index contributed by atoms with van der Waals surface area (Å²) < 4.78 is 18.8. The van der Waals surface area contributed by atoms with Gasteiger partial charge in [0.1, 0.15) is 23.3 Å². The monoisotopic (exact) mass is 415 g/mol. The van der Waals surface area contributed by atoms with Gasteiger partial charge in [-0.05, 0) is 54.4 Å². The van der Waals surface area contributed by atoms with Crippen LogP contribution in [0.1, 0.15) is 33.9 Å². The molecule has 31 heavy (non-hydrogen) atoms. The number of aryl methyl sites for hydroxylation is 1. The van der Waals surface area contributed by atoms with Crippen molar-refractivity contribution < 1.29 is 13.9 Å². The van der Waals surface area contributed by atoms with Gasteiger partial charge in [-0.25, -0.2) is 4.39 Å². The van der Waals surface area contributed by atoms with Crippen molar-refractivity contribution in [3.63, 3.8) is 0 Å². The molecule has 6 heteroatoms. The highest BCUT2D eigenvalue weighted by atomic mass is 19.1. The molecule has 0 bridgehead atoms. The SMILES string of the molecule is COc1ccc(C(=O)CC(c2ccccc2C)n2ncc(-c3cccc(F)c3)n2)cc1. The highest BCUT2D eigenvalue weighted by Crippen LogP contribution is 2.27. The number of carbonyl (C=O) groups is 1. The molecule has 156 valence electrons. The lowest BCUT2D eigenvalue weighted by molar-refractivity contribution is 0.0964. The summed E-state index contributed by atoms with van der Waals surface area (Å²) in [6, 6.07) is 20.7. The Kier molecular flexibility index (Phi) is 5.89. The minimum Gasteiger partial charge on any atom is -0.497 e. The second-order valence-corrected chi connectivity index (χ2v) is 7.29. The fourth-order valence-electron chi connectivity index (χ4n) is 3.55. The van der Waals surface area contributed by atoms with Gasteiger partial charge >= 0.3 is 0 Å². The van der Waals surface area contributed by atoms with E-state index in [0.717, 1.165) is 11.1 Å². The minimum absolute atomic E-state index is 0.0273. The zero-order valence-corrected chi connectivity index (χ0v) is 17.3. The summed E-state index contributed by atoms with van der Waals surface area (Å²) in [5, 5.41) is 9.01. The number of aromatic nitrogens is 3. The summed E-state index contributed by atoms with van der Waals surface area (Å²) in [5.74, 6) is 0.332. The molecule has 1 heterocycles. The molecule has 1 unspecified atom stereocenters. The molecule has 0 aliphatic carbocycles. The van der Waals surface area contributed by atoms with E-state index in [1.54, 1.807) is 54.5 Å². The number of rotatable bonds is 7. The molecule has 0 fully saturated rings. The molecule has 0 saturated heterocycles. The average Bonchev–Trinajstić information content (AvgIpc) is 3.28. The smallest absolute Gasteiger partial charge is 0.165 e. The Balaban J connectivity index is 1.68. The summed E-state index contributed by atoms with van der Waals surface area (Å²) in [4.78, 5) is 14.6.